The molecule has 0 radical (unpaired) electrons. The lowest BCUT2D eigenvalue weighted by Gasteiger charge is -2.12. The normalized spacial score (nSPS) is 14.6. The van der Waals surface area contributed by atoms with Crippen LogP contribution >= 0.6 is 0 Å². The monoisotopic (exact) mass is 278 g/mol. The second kappa shape index (κ2) is 5.08. The maximum Gasteiger partial charge on any atom is 0.370 e. The van der Waals surface area contributed by atoms with E-state index < -0.39 is 28.4 Å². The summed E-state index contributed by atoms with van der Waals surface area (Å²) in [6.45, 7) is 1.63. The van der Waals surface area contributed by atoms with Gasteiger partial charge in [-0.05, 0) is 18.6 Å². The quantitative estimate of drug-likeness (QED) is 0.466. The molecule has 1 saturated heterocycles. The number of nitro benzene ring substituents is 1. The Bertz CT molecular complexity index is 608. The van der Waals surface area contributed by atoms with Crippen molar-refractivity contribution in [2.24, 2.45) is 0 Å². The van der Waals surface area contributed by atoms with E-state index in [1.165, 1.54) is 18.2 Å². The molecule has 104 valence electrons. The number of imide groups is 1. The predicted octanol–water partition coefficient (Wildman–Crippen LogP) is 1.12. The minimum Gasteiger partial charge on any atom is -0.325 e. The fourth-order valence-corrected chi connectivity index (χ4v) is 1.76. The van der Waals surface area contributed by atoms with E-state index in [2.05, 4.69) is 4.84 Å². The molecule has 0 atom stereocenters. The zero-order valence-corrected chi connectivity index (χ0v) is 10.5. The van der Waals surface area contributed by atoms with Gasteiger partial charge in [0.15, 0.2) is 0 Å². The zero-order chi connectivity index (χ0) is 14.9. The van der Waals surface area contributed by atoms with Crippen molar-refractivity contribution in [1.82, 2.24) is 5.06 Å². The van der Waals surface area contributed by atoms with E-state index in [-0.39, 0.29) is 18.4 Å². The van der Waals surface area contributed by atoms with Gasteiger partial charge in [-0.25, -0.2) is 4.79 Å². The third kappa shape index (κ3) is 2.48. The largest absolute Gasteiger partial charge is 0.370 e. The van der Waals surface area contributed by atoms with Crippen LogP contribution in [-0.4, -0.2) is 27.8 Å². The number of carbonyl (C=O) groups is 3. The van der Waals surface area contributed by atoms with Crippen molar-refractivity contribution in [3.63, 3.8) is 0 Å². The third-order valence-corrected chi connectivity index (χ3v) is 2.75. The van der Waals surface area contributed by atoms with Crippen LogP contribution in [0.25, 0.3) is 0 Å². The Labute approximate surface area is 113 Å². The Morgan fingerprint density at radius 2 is 1.90 bits per heavy atom. The molecule has 20 heavy (non-hydrogen) atoms. The Morgan fingerprint density at radius 3 is 2.45 bits per heavy atom. The van der Waals surface area contributed by atoms with Gasteiger partial charge in [-0.3, -0.25) is 19.7 Å². The Kier molecular flexibility index (Phi) is 3.47. The van der Waals surface area contributed by atoms with Crippen molar-refractivity contribution in [1.29, 1.82) is 0 Å². The molecular weight excluding hydrogens is 268 g/mol. The fraction of sp³-hybridized carbons (Fsp3) is 0.250. The van der Waals surface area contributed by atoms with Gasteiger partial charge in [0.1, 0.15) is 5.56 Å². The lowest BCUT2D eigenvalue weighted by Crippen LogP contribution is -2.32. The van der Waals surface area contributed by atoms with Crippen LogP contribution in [0.5, 0.6) is 0 Å². The van der Waals surface area contributed by atoms with Crippen molar-refractivity contribution >= 4 is 23.5 Å². The van der Waals surface area contributed by atoms with Gasteiger partial charge in [-0.1, -0.05) is 6.07 Å². The first-order chi connectivity index (χ1) is 9.40. The van der Waals surface area contributed by atoms with E-state index in [9.17, 15) is 24.5 Å². The lowest BCUT2D eigenvalue weighted by molar-refractivity contribution is -0.385. The van der Waals surface area contributed by atoms with Crippen LogP contribution in [0, 0.1) is 17.0 Å². The minimum atomic E-state index is -1.11. The number of hydrogen-bond acceptors (Lipinski definition) is 6. The van der Waals surface area contributed by atoms with Crippen molar-refractivity contribution in [2.45, 2.75) is 19.8 Å². The molecule has 1 aliphatic rings. The molecule has 1 aliphatic heterocycles. The highest BCUT2D eigenvalue weighted by atomic mass is 16.7. The van der Waals surface area contributed by atoms with Gasteiger partial charge >= 0.3 is 5.97 Å². The van der Waals surface area contributed by atoms with E-state index in [1.807, 2.05) is 0 Å². The molecule has 8 heteroatoms. The summed E-state index contributed by atoms with van der Waals surface area (Å²) in [5.74, 6) is -2.39. The number of rotatable bonds is 3. The van der Waals surface area contributed by atoms with Crippen molar-refractivity contribution in [3.8, 4) is 0 Å². The van der Waals surface area contributed by atoms with Crippen LogP contribution in [0.1, 0.15) is 28.8 Å². The summed E-state index contributed by atoms with van der Waals surface area (Å²) in [7, 11) is 0. The smallest absolute Gasteiger partial charge is 0.325 e. The molecule has 1 aromatic rings. The third-order valence-electron chi connectivity index (χ3n) is 2.75. The van der Waals surface area contributed by atoms with Gasteiger partial charge in [0.05, 0.1) is 4.92 Å². The minimum absolute atomic E-state index is 0.0396. The van der Waals surface area contributed by atoms with Crippen LogP contribution in [0.15, 0.2) is 18.2 Å². The summed E-state index contributed by atoms with van der Waals surface area (Å²) in [5, 5.41) is 11.2. The van der Waals surface area contributed by atoms with Crippen molar-refractivity contribution in [2.75, 3.05) is 0 Å². The average molecular weight is 278 g/mol. The highest BCUT2D eigenvalue weighted by molar-refractivity contribution is 6.03. The summed E-state index contributed by atoms with van der Waals surface area (Å²) in [6.07, 6.45) is -0.0792. The van der Waals surface area contributed by atoms with E-state index in [4.69, 9.17) is 0 Å². The maximum atomic E-state index is 11.9. The number of amides is 2. The number of benzene rings is 1. The van der Waals surface area contributed by atoms with Crippen LogP contribution < -0.4 is 0 Å². The molecule has 1 fully saturated rings. The van der Waals surface area contributed by atoms with Crippen LogP contribution in [0.3, 0.4) is 0 Å². The number of hydroxylamine groups is 2. The van der Waals surface area contributed by atoms with Crippen molar-refractivity contribution in [3.05, 3.63) is 39.4 Å². The molecule has 2 amide bonds. The SMILES string of the molecule is Cc1ccc(C(=O)ON2C(=O)CCC2=O)c([N+](=O)[O-])c1. The van der Waals surface area contributed by atoms with Gasteiger partial charge in [0, 0.05) is 18.9 Å². The molecule has 0 N–H and O–H groups in total. The highest BCUT2D eigenvalue weighted by Crippen LogP contribution is 2.22. The molecular formula is C12H10N2O6. The van der Waals surface area contributed by atoms with E-state index in [0.717, 1.165) is 0 Å². The van der Waals surface area contributed by atoms with E-state index >= 15 is 0 Å². The molecule has 0 aliphatic carbocycles. The van der Waals surface area contributed by atoms with Gasteiger partial charge < -0.3 is 4.84 Å². The molecule has 8 nitrogen and oxygen atoms in total. The Hall–Kier alpha value is -2.77. The van der Waals surface area contributed by atoms with Gasteiger partial charge in [0.25, 0.3) is 17.5 Å². The van der Waals surface area contributed by atoms with Crippen LogP contribution in [0.2, 0.25) is 0 Å². The van der Waals surface area contributed by atoms with Gasteiger partial charge in [-0.15, -0.1) is 5.06 Å². The highest BCUT2D eigenvalue weighted by Gasteiger charge is 2.34. The second-order valence-corrected chi connectivity index (χ2v) is 4.24. The molecule has 0 bridgehead atoms. The summed E-state index contributed by atoms with van der Waals surface area (Å²) in [6, 6.07) is 3.93. The first-order valence-corrected chi connectivity index (χ1v) is 5.73. The maximum absolute atomic E-state index is 11.9. The van der Waals surface area contributed by atoms with Crippen LogP contribution in [0.4, 0.5) is 5.69 Å². The van der Waals surface area contributed by atoms with E-state index in [1.54, 1.807) is 6.92 Å². The standard InChI is InChI=1S/C12H10N2O6/c1-7-2-3-8(9(6-7)14(18)19)12(17)20-13-10(15)4-5-11(13)16/h2-3,6H,4-5H2,1H3. The topological polar surface area (TPSA) is 107 Å². The molecule has 0 unspecified atom stereocenters. The molecule has 0 aromatic heterocycles. The van der Waals surface area contributed by atoms with Gasteiger partial charge in [-0.2, -0.15) is 0 Å². The lowest BCUT2D eigenvalue weighted by atomic mass is 10.1. The Morgan fingerprint density at radius 1 is 1.30 bits per heavy atom. The van der Waals surface area contributed by atoms with E-state index in [0.29, 0.717) is 10.6 Å². The molecule has 0 spiro atoms. The van der Waals surface area contributed by atoms with Gasteiger partial charge in [0.2, 0.25) is 0 Å². The Balaban J connectivity index is 2.28. The zero-order valence-electron chi connectivity index (χ0n) is 10.5. The molecule has 2 rings (SSSR count). The van der Waals surface area contributed by atoms with Crippen molar-refractivity contribution < 1.29 is 24.1 Å². The predicted molar refractivity (Wildman–Crippen MR) is 64.3 cm³/mol. The molecule has 1 aromatic carbocycles. The first-order valence-electron chi connectivity index (χ1n) is 5.73. The number of nitro groups is 1. The summed E-state index contributed by atoms with van der Waals surface area (Å²) < 4.78 is 0. The number of nitrogens with zero attached hydrogens (tertiary/aromatic N) is 2. The number of hydrogen-bond donors (Lipinski definition) is 0. The summed E-state index contributed by atoms with van der Waals surface area (Å²) in [5.41, 5.74) is -0.149. The number of aryl methyl sites for hydroxylation is 1. The first kappa shape index (κ1) is 13.7. The average Bonchev–Trinajstić information content (AvgIpc) is 2.70. The number of carbonyl (C=O) groups excluding carboxylic acids is 3. The second-order valence-electron chi connectivity index (χ2n) is 4.24. The molecule has 1 heterocycles. The fourth-order valence-electron chi connectivity index (χ4n) is 1.76. The van der Waals surface area contributed by atoms with Crippen LogP contribution in [-0.2, 0) is 14.4 Å². The summed E-state index contributed by atoms with van der Waals surface area (Å²) in [4.78, 5) is 49.3. The summed E-state index contributed by atoms with van der Waals surface area (Å²) >= 11 is 0. The molecule has 0 saturated carbocycles.